The van der Waals surface area contributed by atoms with Gasteiger partial charge in [-0.2, -0.15) is 0 Å². The van der Waals surface area contributed by atoms with Gasteiger partial charge in [-0.15, -0.1) is 11.3 Å². The fourth-order valence-corrected chi connectivity index (χ4v) is 4.24. The van der Waals surface area contributed by atoms with Crippen molar-refractivity contribution in [2.45, 2.75) is 45.3 Å². The second-order valence-electron chi connectivity index (χ2n) is 7.22. The number of thiophene rings is 1. The van der Waals surface area contributed by atoms with E-state index in [1.54, 1.807) is 12.3 Å². The molecule has 0 saturated carbocycles. The molecule has 0 aromatic carbocycles. The van der Waals surface area contributed by atoms with Crippen LogP contribution in [0.15, 0.2) is 34.9 Å². The summed E-state index contributed by atoms with van der Waals surface area (Å²) in [6.45, 7) is 5.75. The maximum Gasteiger partial charge on any atom is 0.261 e. The minimum absolute atomic E-state index is 0.0784. The van der Waals surface area contributed by atoms with E-state index in [2.05, 4.69) is 24.1 Å². The number of hydrogen-bond acceptors (Lipinski definition) is 5. The molecule has 6 nitrogen and oxygen atoms in total. The normalized spacial score (nSPS) is 17.1. The SMILES string of the molecule is CC(C)N(C)CC(=O)N1CCCC1c1ccc(C(=O)NCc2ccco2)s1. The number of amides is 2. The topological polar surface area (TPSA) is 65.8 Å². The Morgan fingerprint density at radius 1 is 1.37 bits per heavy atom. The number of furan rings is 1. The van der Waals surface area contributed by atoms with Crippen molar-refractivity contribution in [3.05, 3.63) is 46.0 Å². The average molecular weight is 390 g/mol. The Bertz CT molecular complexity index is 769. The molecule has 1 saturated heterocycles. The molecular weight excluding hydrogens is 362 g/mol. The van der Waals surface area contributed by atoms with E-state index in [0.29, 0.717) is 24.0 Å². The van der Waals surface area contributed by atoms with E-state index in [-0.39, 0.29) is 17.9 Å². The van der Waals surface area contributed by atoms with Crippen LogP contribution in [0.1, 0.15) is 53.0 Å². The van der Waals surface area contributed by atoms with Crippen LogP contribution >= 0.6 is 11.3 Å². The second-order valence-corrected chi connectivity index (χ2v) is 8.33. The predicted molar refractivity (Wildman–Crippen MR) is 106 cm³/mol. The van der Waals surface area contributed by atoms with Crippen molar-refractivity contribution in [1.82, 2.24) is 15.1 Å². The molecule has 7 heteroatoms. The molecule has 0 radical (unpaired) electrons. The van der Waals surface area contributed by atoms with Gasteiger partial charge < -0.3 is 14.6 Å². The molecule has 1 N–H and O–H groups in total. The minimum Gasteiger partial charge on any atom is -0.467 e. The monoisotopic (exact) mass is 389 g/mol. The third-order valence-corrected chi connectivity index (χ3v) is 6.21. The summed E-state index contributed by atoms with van der Waals surface area (Å²) in [7, 11) is 1.97. The van der Waals surface area contributed by atoms with Gasteiger partial charge in [0.15, 0.2) is 0 Å². The van der Waals surface area contributed by atoms with Crippen molar-refractivity contribution in [2.24, 2.45) is 0 Å². The van der Waals surface area contributed by atoms with Crippen molar-refractivity contribution in [1.29, 1.82) is 0 Å². The molecule has 2 amide bonds. The van der Waals surface area contributed by atoms with Crippen molar-refractivity contribution < 1.29 is 14.0 Å². The fourth-order valence-electron chi connectivity index (χ4n) is 3.17. The molecule has 3 rings (SSSR count). The van der Waals surface area contributed by atoms with Gasteiger partial charge >= 0.3 is 0 Å². The lowest BCUT2D eigenvalue weighted by molar-refractivity contribution is -0.133. The van der Waals surface area contributed by atoms with E-state index in [1.807, 2.05) is 30.1 Å². The Balaban J connectivity index is 1.62. The first-order valence-electron chi connectivity index (χ1n) is 9.35. The smallest absolute Gasteiger partial charge is 0.261 e. The van der Waals surface area contributed by atoms with Gasteiger partial charge in [0.1, 0.15) is 5.76 Å². The number of carbonyl (C=O) groups excluding carboxylic acids is 2. The summed E-state index contributed by atoms with van der Waals surface area (Å²) in [6, 6.07) is 7.87. The highest BCUT2D eigenvalue weighted by atomic mass is 32.1. The summed E-state index contributed by atoms with van der Waals surface area (Å²) in [6.07, 6.45) is 3.54. The van der Waals surface area contributed by atoms with Gasteiger partial charge in [-0.1, -0.05) is 0 Å². The van der Waals surface area contributed by atoms with Gasteiger partial charge in [0.2, 0.25) is 5.91 Å². The number of likely N-dealkylation sites (N-methyl/N-ethyl adjacent to an activating group) is 1. The molecule has 1 atom stereocenters. The Hall–Kier alpha value is -2.12. The zero-order valence-corrected chi connectivity index (χ0v) is 16.9. The molecule has 0 bridgehead atoms. The number of nitrogens with one attached hydrogen (secondary N) is 1. The zero-order valence-electron chi connectivity index (χ0n) is 16.1. The van der Waals surface area contributed by atoms with E-state index in [9.17, 15) is 9.59 Å². The summed E-state index contributed by atoms with van der Waals surface area (Å²) >= 11 is 1.47. The predicted octanol–water partition coefficient (Wildman–Crippen LogP) is 3.27. The molecule has 1 unspecified atom stereocenters. The molecular formula is C20H27N3O3S. The van der Waals surface area contributed by atoms with E-state index in [1.165, 1.54) is 11.3 Å². The first-order valence-corrected chi connectivity index (χ1v) is 10.2. The highest BCUT2D eigenvalue weighted by molar-refractivity contribution is 7.14. The lowest BCUT2D eigenvalue weighted by Gasteiger charge is -2.28. The first kappa shape index (κ1) is 19.6. The van der Waals surface area contributed by atoms with Crippen LogP contribution in [-0.2, 0) is 11.3 Å². The molecule has 2 aromatic rings. The Labute approximate surface area is 164 Å². The third kappa shape index (κ3) is 4.78. The zero-order chi connectivity index (χ0) is 19.4. The van der Waals surface area contributed by atoms with E-state index in [0.717, 1.165) is 30.0 Å². The van der Waals surface area contributed by atoms with Crippen molar-refractivity contribution in [3.63, 3.8) is 0 Å². The second kappa shape index (κ2) is 8.71. The molecule has 1 aliphatic rings. The van der Waals surface area contributed by atoms with Gasteiger partial charge in [-0.25, -0.2) is 0 Å². The van der Waals surface area contributed by atoms with Crippen LogP contribution in [0.4, 0.5) is 0 Å². The molecule has 1 fully saturated rings. The van der Waals surface area contributed by atoms with E-state index < -0.39 is 0 Å². The van der Waals surface area contributed by atoms with E-state index >= 15 is 0 Å². The maximum atomic E-state index is 12.7. The van der Waals surface area contributed by atoms with Gasteiger partial charge in [-0.05, 0) is 58.0 Å². The standard InChI is InChI=1S/C20H27N3O3S/c1-14(2)22(3)13-19(24)23-10-4-7-16(23)17-8-9-18(27-17)20(25)21-12-15-6-5-11-26-15/h5-6,8-9,11,14,16H,4,7,10,12-13H2,1-3H3,(H,21,25). The lowest BCUT2D eigenvalue weighted by atomic mass is 10.2. The van der Waals surface area contributed by atoms with Gasteiger partial charge in [0.05, 0.1) is 30.3 Å². The Morgan fingerprint density at radius 2 is 2.19 bits per heavy atom. The molecule has 3 heterocycles. The highest BCUT2D eigenvalue weighted by Crippen LogP contribution is 2.36. The number of hydrogen-bond donors (Lipinski definition) is 1. The highest BCUT2D eigenvalue weighted by Gasteiger charge is 2.31. The van der Waals surface area contributed by atoms with Crippen LogP contribution in [0.2, 0.25) is 0 Å². The van der Waals surface area contributed by atoms with Crippen LogP contribution in [0.25, 0.3) is 0 Å². The third-order valence-electron chi connectivity index (χ3n) is 5.02. The summed E-state index contributed by atoms with van der Waals surface area (Å²) < 4.78 is 5.24. The number of rotatable bonds is 7. The molecule has 0 aliphatic carbocycles. The molecule has 2 aromatic heterocycles. The van der Waals surface area contributed by atoms with Crippen molar-refractivity contribution in [2.75, 3.05) is 20.1 Å². The largest absolute Gasteiger partial charge is 0.467 e. The first-order chi connectivity index (χ1) is 13.0. The van der Waals surface area contributed by atoms with Gasteiger partial charge in [-0.3, -0.25) is 14.5 Å². The molecule has 146 valence electrons. The van der Waals surface area contributed by atoms with Gasteiger partial charge in [0, 0.05) is 17.5 Å². The number of nitrogens with zero attached hydrogens (tertiary/aromatic N) is 2. The Kier molecular flexibility index (Phi) is 6.34. The summed E-state index contributed by atoms with van der Waals surface area (Å²) in [4.78, 5) is 30.9. The van der Waals surface area contributed by atoms with Crippen LogP contribution in [0.3, 0.4) is 0 Å². The van der Waals surface area contributed by atoms with Crippen LogP contribution in [0.5, 0.6) is 0 Å². The Morgan fingerprint density at radius 3 is 2.89 bits per heavy atom. The number of carbonyl (C=O) groups is 2. The molecule has 0 spiro atoms. The molecule has 1 aliphatic heterocycles. The lowest BCUT2D eigenvalue weighted by Crippen LogP contribution is -2.40. The minimum atomic E-state index is -0.113. The van der Waals surface area contributed by atoms with E-state index in [4.69, 9.17) is 4.42 Å². The maximum absolute atomic E-state index is 12.7. The van der Waals surface area contributed by atoms with Crippen molar-refractivity contribution >= 4 is 23.2 Å². The molecule has 27 heavy (non-hydrogen) atoms. The van der Waals surface area contributed by atoms with Crippen LogP contribution in [-0.4, -0.2) is 47.8 Å². The number of likely N-dealkylation sites (tertiary alicyclic amines) is 1. The summed E-state index contributed by atoms with van der Waals surface area (Å²) in [5, 5.41) is 2.87. The summed E-state index contributed by atoms with van der Waals surface area (Å²) in [5.41, 5.74) is 0. The van der Waals surface area contributed by atoms with Crippen LogP contribution in [0, 0.1) is 0 Å². The van der Waals surface area contributed by atoms with Crippen molar-refractivity contribution in [3.8, 4) is 0 Å². The quantitative estimate of drug-likeness (QED) is 0.789. The fraction of sp³-hybridized carbons (Fsp3) is 0.500. The average Bonchev–Trinajstić information content (AvgIpc) is 3.40. The summed E-state index contributed by atoms with van der Waals surface area (Å²) in [5.74, 6) is 0.769. The van der Waals surface area contributed by atoms with Gasteiger partial charge in [0.25, 0.3) is 5.91 Å². The van der Waals surface area contributed by atoms with Crippen LogP contribution < -0.4 is 5.32 Å².